The Balaban J connectivity index is 1.97. The Kier molecular flexibility index (Phi) is 6.57. The van der Waals surface area contributed by atoms with Gasteiger partial charge in [0, 0.05) is 17.8 Å². The Hall–Kier alpha value is -2.82. The summed E-state index contributed by atoms with van der Waals surface area (Å²) >= 11 is 0. The van der Waals surface area contributed by atoms with Crippen LogP contribution in [-0.2, 0) is 9.59 Å². The normalized spacial score (nSPS) is 11.5. The van der Waals surface area contributed by atoms with Crippen molar-refractivity contribution in [3.63, 3.8) is 0 Å². The van der Waals surface area contributed by atoms with Gasteiger partial charge in [0.15, 0.2) is 6.10 Å². The molecule has 5 heteroatoms. The molecule has 5 nitrogen and oxygen atoms in total. The Morgan fingerprint density at radius 2 is 1.72 bits per heavy atom. The number of carbonyl (C=O) groups excluding carboxylic acids is 2. The van der Waals surface area contributed by atoms with Crippen LogP contribution in [0.4, 0.5) is 11.4 Å². The molecule has 0 aliphatic carbocycles. The molecule has 1 atom stereocenters. The van der Waals surface area contributed by atoms with Gasteiger partial charge in [-0.25, -0.2) is 0 Å². The maximum absolute atomic E-state index is 12.3. The fraction of sp³-hybridized carbons (Fsp3) is 0.300. The molecule has 25 heavy (non-hydrogen) atoms. The Morgan fingerprint density at radius 1 is 1.04 bits per heavy atom. The molecule has 0 bridgehead atoms. The number of para-hydroxylation sites is 1. The Morgan fingerprint density at radius 3 is 2.40 bits per heavy atom. The van der Waals surface area contributed by atoms with Gasteiger partial charge in [0.2, 0.25) is 5.91 Å². The van der Waals surface area contributed by atoms with Crippen molar-refractivity contribution in [3.05, 3.63) is 54.1 Å². The topological polar surface area (TPSA) is 67.4 Å². The highest BCUT2D eigenvalue weighted by Crippen LogP contribution is 2.19. The average Bonchev–Trinajstić information content (AvgIpc) is 2.57. The fourth-order valence-electron chi connectivity index (χ4n) is 2.30. The number of hydrogen-bond acceptors (Lipinski definition) is 3. The fourth-order valence-corrected chi connectivity index (χ4v) is 2.30. The van der Waals surface area contributed by atoms with E-state index in [0.29, 0.717) is 23.5 Å². The van der Waals surface area contributed by atoms with Gasteiger partial charge in [-0.1, -0.05) is 31.2 Å². The van der Waals surface area contributed by atoms with E-state index in [9.17, 15) is 9.59 Å². The van der Waals surface area contributed by atoms with Gasteiger partial charge in [0.25, 0.3) is 5.91 Å². The molecule has 0 saturated heterocycles. The third-order valence-corrected chi connectivity index (χ3v) is 3.66. The van der Waals surface area contributed by atoms with E-state index in [1.165, 1.54) is 0 Å². The van der Waals surface area contributed by atoms with Crippen molar-refractivity contribution in [1.29, 1.82) is 0 Å². The molecule has 2 rings (SSSR count). The second-order valence-corrected chi connectivity index (χ2v) is 5.89. The first-order valence-corrected chi connectivity index (χ1v) is 8.42. The van der Waals surface area contributed by atoms with Gasteiger partial charge in [-0.3, -0.25) is 9.59 Å². The zero-order valence-electron chi connectivity index (χ0n) is 14.8. The van der Waals surface area contributed by atoms with Gasteiger partial charge in [-0.05, 0) is 50.1 Å². The van der Waals surface area contributed by atoms with Crippen molar-refractivity contribution in [2.24, 2.45) is 0 Å². The van der Waals surface area contributed by atoms with E-state index in [1.807, 2.05) is 38.1 Å². The first-order chi connectivity index (χ1) is 12.0. The third-order valence-electron chi connectivity index (χ3n) is 3.66. The summed E-state index contributed by atoms with van der Waals surface area (Å²) in [6.45, 7) is 5.59. The number of aryl methyl sites for hydroxylation is 1. The first-order valence-electron chi connectivity index (χ1n) is 8.42. The number of amides is 2. The molecule has 0 spiro atoms. The average molecular weight is 340 g/mol. The SMILES string of the molecule is CCCC(=O)Nc1cccc(NC(=O)C(C)Oc2ccccc2C)c1. The Bertz CT molecular complexity index is 743. The number of rotatable bonds is 7. The minimum absolute atomic E-state index is 0.0396. The van der Waals surface area contributed by atoms with Crippen molar-refractivity contribution in [2.75, 3.05) is 10.6 Å². The quantitative estimate of drug-likeness (QED) is 0.796. The highest BCUT2D eigenvalue weighted by molar-refractivity contribution is 5.96. The zero-order chi connectivity index (χ0) is 18.2. The number of nitrogens with one attached hydrogen (secondary N) is 2. The number of anilines is 2. The molecule has 2 amide bonds. The van der Waals surface area contributed by atoms with E-state index < -0.39 is 6.10 Å². The molecule has 2 N–H and O–H groups in total. The van der Waals surface area contributed by atoms with Crippen molar-refractivity contribution in [1.82, 2.24) is 0 Å². The molecular formula is C20H24N2O3. The molecule has 0 fully saturated rings. The molecule has 1 unspecified atom stereocenters. The largest absolute Gasteiger partial charge is 0.481 e. The smallest absolute Gasteiger partial charge is 0.265 e. The van der Waals surface area contributed by atoms with Gasteiger partial charge < -0.3 is 15.4 Å². The molecule has 2 aromatic carbocycles. The van der Waals surface area contributed by atoms with Crippen LogP contribution in [0.5, 0.6) is 5.75 Å². The van der Waals surface area contributed by atoms with E-state index in [1.54, 1.807) is 31.2 Å². The minimum Gasteiger partial charge on any atom is -0.481 e. The Labute approximate surface area is 148 Å². The van der Waals surface area contributed by atoms with Crippen molar-refractivity contribution in [2.45, 2.75) is 39.7 Å². The van der Waals surface area contributed by atoms with Crippen LogP contribution in [-0.4, -0.2) is 17.9 Å². The zero-order valence-corrected chi connectivity index (χ0v) is 14.8. The maximum Gasteiger partial charge on any atom is 0.265 e. The van der Waals surface area contributed by atoms with Crippen LogP contribution >= 0.6 is 0 Å². The minimum atomic E-state index is -0.639. The van der Waals surface area contributed by atoms with Crippen LogP contribution < -0.4 is 15.4 Å². The predicted octanol–water partition coefficient (Wildman–Crippen LogP) is 4.14. The number of hydrogen-bond donors (Lipinski definition) is 2. The maximum atomic E-state index is 12.3. The van der Waals surface area contributed by atoms with Gasteiger partial charge in [0.1, 0.15) is 5.75 Å². The van der Waals surface area contributed by atoms with E-state index in [2.05, 4.69) is 10.6 Å². The van der Waals surface area contributed by atoms with E-state index in [-0.39, 0.29) is 11.8 Å². The van der Waals surface area contributed by atoms with Crippen molar-refractivity contribution >= 4 is 23.2 Å². The van der Waals surface area contributed by atoms with Gasteiger partial charge >= 0.3 is 0 Å². The van der Waals surface area contributed by atoms with Gasteiger partial charge in [-0.15, -0.1) is 0 Å². The van der Waals surface area contributed by atoms with Crippen LogP contribution in [0.25, 0.3) is 0 Å². The third kappa shape index (κ3) is 5.64. The lowest BCUT2D eigenvalue weighted by Crippen LogP contribution is -2.30. The number of carbonyl (C=O) groups is 2. The van der Waals surface area contributed by atoms with Gasteiger partial charge in [0.05, 0.1) is 0 Å². The van der Waals surface area contributed by atoms with E-state index in [4.69, 9.17) is 4.74 Å². The number of benzene rings is 2. The van der Waals surface area contributed by atoms with Crippen LogP contribution in [0, 0.1) is 6.92 Å². The second kappa shape index (κ2) is 8.87. The summed E-state index contributed by atoms with van der Waals surface area (Å²) in [4.78, 5) is 24.0. The van der Waals surface area contributed by atoms with Crippen LogP contribution in [0.1, 0.15) is 32.3 Å². The molecule has 0 radical (unpaired) electrons. The van der Waals surface area contributed by atoms with Crippen molar-refractivity contribution in [3.8, 4) is 5.75 Å². The highest BCUT2D eigenvalue weighted by atomic mass is 16.5. The predicted molar refractivity (Wildman–Crippen MR) is 99.9 cm³/mol. The summed E-state index contributed by atoms with van der Waals surface area (Å²) < 4.78 is 5.72. The lowest BCUT2D eigenvalue weighted by molar-refractivity contribution is -0.122. The van der Waals surface area contributed by atoms with Crippen LogP contribution in [0.15, 0.2) is 48.5 Å². The summed E-state index contributed by atoms with van der Waals surface area (Å²) in [5, 5.41) is 5.62. The summed E-state index contributed by atoms with van der Waals surface area (Å²) in [6, 6.07) is 14.6. The molecule has 132 valence electrons. The summed E-state index contributed by atoms with van der Waals surface area (Å²) in [7, 11) is 0. The lowest BCUT2D eigenvalue weighted by Gasteiger charge is -2.16. The molecule has 0 saturated carbocycles. The van der Waals surface area contributed by atoms with Gasteiger partial charge in [-0.2, -0.15) is 0 Å². The number of ether oxygens (including phenoxy) is 1. The standard InChI is InChI=1S/C20H24N2O3/c1-4-8-19(23)21-16-10-7-11-17(13-16)22-20(24)15(3)25-18-12-6-5-9-14(18)2/h5-7,9-13,15H,4,8H2,1-3H3,(H,21,23)(H,22,24). The van der Waals surface area contributed by atoms with Crippen LogP contribution in [0.2, 0.25) is 0 Å². The van der Waals surface area contributed by atoms with E-state index in [0.717, 1.165) is 12.0 Å². The van der Waals surface area contributed by atoms with Crippen LogP contribution in [0.3, 0.4) is 0 Å². The molecular weight excluding hydrogens is 316 g/mol. The summed E-state index contributed by atoms with van der Waals surface area (Å²) in [6.07, 6.45) is 0.618. The van der Waals surface area contributed by atoms with E-state index >= 15 is 0 Å². The van der Waals surface area contributed by atoms with Crippen molar-refractivity contribution < 1.29 is 14.3 Å². The molecule has 2 aromatic rings. The molecule has 0 heterocycles. The monoisotopic (exact) mass is 340 g/mol. The molecule has 0 aromatic heterocycles. The highest BCUT2D eigenvalue weighted by Gasteiger charge is 2.16. The molecule has 0 aliphatic rings. The lowest BCUT2D eigenvalue weighted by atomic mass is 10.2. The second-order valence-electron chi connectivity index (χ2n) is 5.89. The molecule has 0 aliphatic heterocycles. The first kappa shape index (κ1) is 18.5. The summed E-state index contributed by atoms with van der Waals surface area (Å²) in [5.41, 5.74) is 2.24. The summed E-state index contributed by atoms with van der Waals surface area (Å²) in [5.74, 6) is 0.397.